The second-order valence-electron chi connectivity index (χ2n) is 7.43. The maximum atomic E-state index is 13.0. The summed E-state index contributed by atoms with van der Waals surface area (Å²) in [7, 11) is 1.57. The molecule has 2 aromatic carbocycles. The molecule has 152 valence electrons. The largest absolute Gasteiger partial charge is 0.496 e. The monoisotopic (exact) mass is 395 g/mol. The lowest BCUT2D eigenvalue weighted by Crippen LogP contribution is -2.42. The Hall–Kier alpha value is -3.35. The van der Waals surface area contributed by atoms with Crippen molar-refractivity contribution in [3.63, 3.8) is 0 Å². The first-order valence-corrected chi connectivity index (χ1v) is 9.32. The number of benzene rings is 2. The number of carbonyl (C=O) groups excluding carboxylic acids is 3. The molecule has 0 radical (unpaired) electrons. The van der Waals surface area contributed by atoms with E-state index in [1.54, 1.807) is 38.3 Å². The predicted molar refractivity (Wildman–Crippen MR) is 110 cm³/mol. The normalized spacial score (nSPS) is 18.6. The van der Waals surface area contributed by atoms with Gasteiger partial charge in [0.05, 0.1) is 7.11 Å². The lowest BCUT2D eigenvalue weighted by Gasteiger charge is -2.23. The first-order chi connectivity index (χ1) is 13.7. The molecule has 0 saturated carbocycles. The SMILES string of the molecule is COc1ccc(C2(C)NC(=O)N(CC(=O)Nc3cccc(C)c3C)C2=O)cc1C. The maximum absolute atomic E-state index is 13.0. The number of hydrogen-bond acceptors (Lipinski definition) is 4. The molecule has 0 spiro atoms. The molecular formula is C22H25N3O4. The van der Waals surface area contributed by atoms with Crippen LogP contribution >= 0.6 is 0 Å². The molecule has 1 fully saturated rings. The van der Waals surface area contributed by atoms with Crippen LogP contribution < -0.4 is 15.4 Å². The van der Waals surface area contributed by atoms with Crippen molar-refractivity contribution in [1.82, 2.24) is 10.2 Å². The number of ether oxygens (including phenoxy) is 1. The Bertz CT molecular complexity index is 1000. The van der Waals surface area contributed by atoms with Crippen molar-refractivity contribution in [2.45, 2.75) is 33.2 Å². The molecule has 0 aromatic heterocycles. The molecule has 0 aliphatic carbocycles. The van der Waals surface area contributed by atoms with E-state index in [-0.39, 0.29) is 6.54 Å². The van der Waals surface area contributed by atoms with Crippen molar-refractivity contribution in [2.24, 2.45) is 0 Å². The Morgan fingerprint density at radius 1 is 1.14 bits per heavy atom. The van der Waals surface area contributed by atoms with Crippen LogP contribution in [-0.2, 0) is 15.1 Å². The predicted octanol–water partition coefficient (Wildman–Crippen LogP) is 3.03. The maximum Gasteiger partial charge on any atom is 0.325 e. The summed E-state index contributed by atoms with van der Waals surface area (Å²) in [6.07, 6.45) is 0. The van der Waals surface area contributed by atoms with E-state index >= 15 is 0 Å². The third-order valence-electron chi connectivity index (χ3n) is 5.43. The van der Waals surface area contributed by atoms with Crippen LogP contribution in [0.4, 0.5) is 10.5 Å². The van der Waals surface area contributed by atoms with E-state index in [1.807, 2.05) is 32.9 Å². The number of aryl methyl sites for hydroxylation is 2. The molecule has 7 nitrogen and oxygen atoms in total. The van der Waals surface area contributed by atoms with E-state index in [1.165, 1.54) is 0 Å². The third kappa shape index (κ3) is 3.68. The van der Waals surface area contributed by atoms with E-state index in [4.69, 9.17) is 4.74 Å². The third-order valence-corrected chi connectivity index (χ3v) is 5.43. The van der Waals surface area contributed by atoms with Gasteiger partial charge in [-0.15, -0.1) is 0 Å². The Labute approximate surface area is 170 Å². The topological polar surface area (TPSA) is 87.7 Å². The van der Waals surface area contributed by atoms with Gasteiger partial charge in [-0.05, 0) is 68.1 Å². The number of rotatable bonds is 5. The second-order valence-corrected chi connectivity index (χ2v) is 7.43. The Morgan fingerprint density at radius 2 is 1.86 bits per heavy atom. The molecule has 1 atom stereocenters. The van der Waals surface area contributed by atoms with Gasteiger partial charge in [-0.1, -0.05) is 18.2 Å². The number of urea groups is 1. The fourth-order valence-corrected chi connectivity index (χ4v) is 3.45. The number of methoxy groups -OCH3 is 1. The van der Waals surface area contributed by atoms with Crippen LogP contribution in [-0.4, -0.2) is 36.4 Å². The van der Waals surface area contributed by atoms with Crippen LogP contribution in [0.3, 0.4) is 0 Å². The number of amides is 4. The summed E-state index contributed by atoms with van der Waals surface area (Å²) in [5.74, 6) is -0.209. The number of nitrogens with one attached hydrogen (secondary N) is 2. The first kappa shape index (κ1) is 20.4. The van der Waals surface area contributed by atoms with Gasteiger partial charge in [0.25, 0.3) is 5.91 Å². The summed E-state index contributed by atoms with van der Waals surface area (Å²) in [5, 5.41) is 5.50. The summed E-state index contributed by atoms with van der Waals surface area (Å²) >= 11 is 0. The number of imide groups is 1. The smallest absolute Gasteiger partial charge is 0.325 e. The van der Waals surface area contributed by atoms with Gasteiger partial charge in [-0.3, -0.25) is 14.5 Å². The first-order valence-electron chi connectivity index (χ1n) is 9.32. The van der Waals surface area contributed by atoms with Crippen LogP contribution in [0.25, 0.3) is 0 Å². The van der Waals surface area contributed by atoms with Gasteiger partial charge < -0.3 is 15.4 Å². The minimum atomic E-state index is -1.24. The van der Waals surface area contributed by atoms with Gasteiger partial charge in [0.1, 0.15) is 17.8 Å². The molecule has 1 unspecified atom stereocenters. The molecule has 1 heterocycles. The van der Waals surface area contributed by atoms with E-state index in [2.05, 4.69) is 10.6 Å². The van der Waals surface area contributed by atoms with Crippen LogP contribution in [0, 0.1) is 20.8 Å². The highest BCUT2D eigenvalue weighted by molar-refractivity contribution is 6.10. The van der Waals surface area contributed by atoms with E-state index in [9.17, 15) is 14.4 Å². The minimum Gasteiger partial charge on any atom is -0.496 e. The molecular weight excluding hydrogens is 370 g/mol. The number of anilines is 1. The Balaban J connectivity index is 1.79. The van der Waals surface area contributed by atoms with Crippen LogP contribution in [0.5, 0.6) is 5.75 Å². The van der Waals surface area contributed by atoms with Gasteiger partial charge in [-0.2, -0.15) is 0 Å². The highest BCUT2D eigenvalue weighted by Crippen LogP contribution is 2.31. The standard InChI is InChI=1S/C22H25N3O4/c1-13-7-6-8-17(15(13)3)23-19(26)12-25-20(27)22(4,24-21(25)28)16-9-10-18(29-5)14(2)11-16/h6-11H,12H2,1-5H3,(H,23,26)(H,24,28). The van der Waals surface area contributed by atoms with Gasteiger partial charge in [0.2, 0.25) is 5.91 Å². The van der Waals surface area contributed by atoms with E-state index < -0.39 is 23.4 Å². The zero-order valence-corrected chi connectivity index (χ0v) is 17.3. The summed E-state index contributed by atoms with van der Waals surface area (Å²) in [6.45, 7) is 6.99. The minimum absolute atomic E-state index is 0.358. The quantitative estimate of drug-likeness (QED) is 0.762. The van der Waals surface area contributed by atoms with Crippen molar-refractivity contribution in [2.75, 3.05) is 19.0 Å². The number of nitrogens with zero attached hydrogens (tertiary/aromatic N) is 1. The molecule has 3 rings (SSSR count). The van der Waals surface area contributed by atoms with Gasteiger partial charge in [0, 0.05) is 5.69 Å². The number of hydrogen-bond donors (Lipinski definition) is 2. The summed E-state index contributed by atoms with van der Waals surface area (Å²) in [5.41, 5.74) is 2.88. The van der Waals surface area contributed by atoms with Crippen molar-refractivity contribution >= 4 is 23.5 Å². The van der Waals surface area contributed by atoms with Gasteiger partial charge >= 0.3 is 6.03 Å². The summed E-state index contributed by atoms with van der Waals surface area (Å²) in [6, 6.07) is 10.3. The highest BCUT2D eigenvalue weighted by atomic mass is 16.5. The lowest BCUT2D eigenvalue weighted by atomic mass is 9.90. The molecule has 4 amide bonds. The number of carbonyl (C=O) groups is 3. The fraction of sp³-hybridized carbons (Fsp3) is 0.318. The molecule has 2 N–H and O–H groups in total. The average Bonchev–Trinajstić information content (AvgIpc) is 2.89. The molecule has 0 bridgehead atoms. The van der Waals surface area contributed by atoms with Crippen molar-refractivity contribution in [1.29, 1.82) is 0 Å². The molecule has 7 heteroatoms. The molecule has 1 aliphatic rings. The second kappa shape index (κ2) is 7.58. The van der Waals surface area contributed by atoms with Gasteiger partial charge in [-0.25, -0.2) is 4.79 Å². The highest BCUT2D eigenvalue weighted by Gasteiger charge is 2.49. The zero-order valence-electron chi connectivity index (χ0n) is 17.3. The average molecular weight is 395 g/mol. The van der Waals surface area contributed by atoms with Crippen molar-refractivity contribution < 1.29 is 19.1 Å². The lowest BCUT2D eigenvalue weighted by molar-refractivity contribution is -0.133. The van der Waals surface area contributed by atoms with Crippen LogP contribution in [0.15, 0.2) is 36.4 Å². The Kier molecular flexibility index (Phi) is 5.33. The molecule has 29 heavy (non-hydrogen) atoms. The zero-order chi connectivity index (χ0) is 21.3. The van der Waals surface area contributed by atoms with Crippen molar-refractivity contribution in [3.05, 3.63) is 58.7 Å². The molecule has 1 aliphatic heterocycles. The van der Waals surface area contributed by atoms with Crippen LogP contribution in [0.2, 0.25) is 0 Å². The fourth-order valence-electron chi connectivity index (χ4n) is 3.45. The van der Waals surface area contributed by atoms with Gasteiger partial charge in [0.15, 0.2) is 0 Å². The Morgan fingerprint density at radius 3 is 2.52 bits per heavy atom. The molecule has 2 aromatic rings. The van der Waals surface area contributed by atoms with Crippen LogP contribution in [0.1, 0.15) is 29.2 Å². The molecule has 1 saturated heterocycles. The van der Waals surface area contributed by atoms with Crippen molar-refractivity contribution in [3.8, 4) is 5.75 Å². The summed E-state index contributed by atoms with van der Waals surface area (Å²) < 4.78 is 5.26. The van der Waals surface area contributed by atoms with E-state index in [0.717, 1.165) is 21.6 Å². The summed E-state index contributed by atoms with van der Waals surface area (Å²) in [4.78, 5) is 39.0. The van der Waals surface area contributed by atoms with E-state index in [0.29, 0.717) is 17.0 Å².